The maximum atomic E-state index is 5.73. The maximum absolute atomic E-state index is 5.73. The maximum Gasteiger partial charge on any atom is 0.558 e. The van der Waals surface area contributed by atoms with Gasteiger partial charge >= 0.3 is 15.7 Å². The second-order valence-electron chi connectivity index (χ2n) is 18.2. The van der Waals surface area contributed by atoms with Crippen molar-refractivity contribution in [3.8, 4) is 0 Å². The van der Waals surface area contributed by atoms with Crippen molar-refractivity contribution in [2.75, 3.05) is 0 Å². The van der Waals surface area contributed by atoms with E-state index in [1.807, 2.05) is 0 Å². The van der Waals surface area contributed by atoms with Gasteiger partial charge in [-0.15, -0.1) is 0 Å². The second kappa shape index (κ2) is 14.3. The minimum absolute atomic E-state index is 1.00. The van der Waals surface area contributed by atoms with E-state index in [2.05, 4.69) is 187 Å². The van der Waals surface area contributed by atoms with Gasteiger partial charge in [0.25, 0.3) is 0 Å². The van der Waals surface area contributed by atoms with Crippen molar-refractivity contribution in [2.24, 2.45) is 9.98 Å². The highest BCUT2D eigenvalue weighted by molar-refractivity contribution is 6.37. The summed E-state index contributed by atoms with van der Waals surface area (Å²) in [5, 5.41) is 2.40. The number of allylic oxidation sites excluding steroid dienone is 4. The van der Waals surface area contributed by atoms with E-state index in [1.54, 1.807) is 0 Å². The minimum atomic E-state index is -1.41. The number of nitrogens with zero attached hydrogens (tertiary/aromatic N) is 4. The van der Waals surface area contributed by atoms with Gasteiger partial charge < -0.3 is 7.10 Å². The van der Waals surface area contributed by atoms with Gasteiger partial charge in [0.2, 0.25) is 0 Å². The van der Waals surface area contributed by atoms with E-state index in [0.29, 0.717) is 0 Å². The summed E-state index contributed by atoms with van der Waals surface area (Å²) in [7, 11) is 0. The molecule has 0 spiro atoms. The van der Waals surface area contributed by atoms with Crippen LogP contribution >= 0.6 is 0 Å². The molecule has 0 radical (unpaired) electrons. The Bertz CT molecular complexity index is 3220. The van der Waals surface area contributed by atoms with Gasteiger partial charge in [-0.25, -0.2) is 9.98 Å². The lowest BCUT2D eigenvalue weighted by Gasteiger charge is -2.25. The molecule has 6 aromatic rings. The molecule has 61 heavy (non-hydrogen) atoms. The quantitative estimate of drug-likeness (QED) is 0.159. The third-order valence-electron chi connectivity index (χ3n) is 13.6. The molecule has 300 valence electrons. The van der Waals surface area contributed by atoms with Crippen LogP contribution in [0.15, 0.2) is 118 Å². The minimum Gasteiger partial charge on any atom is -0.417 e. The first-order valence-electron chi connectivity index (χ1n) is 21.7. The lowest BCUT2D eigenvalue weighted by Crippen LogP contribution is -2.40. The summed E-state index contributed by atoms with van der Waals surface area (Å²) in [6, 6.07) is 28.3. The Hall–Kier alpha value is -5.99. The average molecular weight is 809 g/mol. The van der Waals surface area contributed by atoms with Crippen LogP contribution in [-0.4, -0.2) is 34.2 Å². The number of fused-ring (bicyclic) bond motifs is 2. The summed E-state index contributed by atoms with van der Waals surface area (Å²) in [6.07, 6.45) is 9.09. The monoisotopic (exact) mass is 808 g/mol. The summed E-state index contributed by atoms with van der Waals surface area (Å²) < 4.78 is 5.42. The zero-order valence-electron chi connectivity index (χ0n) is 37.7. The van der Waals surface area contributed by atoms with Gasteiger partial charge in [0.05, 0.1) is 22.8 Å². The van der Waals surface area contributed by atoms with E-state index in [-0.39, 0.29) is 0 Å². The molecule has 0 atom stereocenters. The highest BCUT2D eigenvalue weighted by Gasteiger charge is 2.32. The first kappa shape index (κ1) is 39.2. The standard InChI is InChI=1S/C56H52N4.Al.H/c1-29-21-34(6)50(35(7)22-29)54-44-15-13-42(57-44)53(41-27-32(4)40(12)33(5)28-41)43-14-16-45(58-43)55(51-36(8)23-30(2)24-37(51)9)47-18-20-49(60-47)56(48-19-17-46(54)59-48)52-38(10)25-31(3)26-39(52)11;;/h13-28H,1-12H3;;/q-2;+2;. The summed E-state index contributed by atoms with van der Waals surface area (Å²) in [4.78, 5) is 11.4. The zero-order valence-corrected chi connectivity index (χ0v) is 39.1. The molecule has 0 unspecified atom stereocenters. The SMILES string of the molecule is Cc1cc(C)c(C2=C3C=CC(=N3)C(c3cc(C)c(C)c(C)c3)=c3ccc4[n]3[AlH][n]3c2ccc3C(c2c(C)cc(C)cc2C)=C2C=CC(=N2)C=4c2c(C)cc(C)cc2C)c(C)c1. The van der Waals surface area contributed by atoms with Gasteiger partial charge in [-0.3, -0.25) is 0 Å². The first-order valence-corrected chi connectivity index (χ1v) is 22.9. The largest absolute Gasteiger partial charge is 0.558 e. The van der Waals surface area contributed by atoms with Gasteiger partial charge in [0.1, 0.15) is 0 Å². The predicted octanol–water partition coefficient (Wildman–Crippen LogP) is 10.6. The molecule has 5 heteroatoms. The number of hydrogen-bond acceptors (Lipinski definition) is 2. The van der Waals surface area contributed by atoms with Crippen LogP contribution in [0.3, 0.4) is 0 Å². The Morgan fingerprint density at radius 1 is 0.377 bits per heavy atom. The second-order valence-corrected chi connectivity index (χ2v) is 19.7. The van der Waals surface area contributed by atoms with E-state index >= 15 is 0 Å². The number of aromatic nitrogens is 2. The fourth-order valence-corrected chi connectivity index (χ4v) is 13.0. The molecule has 4 aliphatic rings. The van der Waals surface area contributed by atoms with Crippen molar-refractivity contribution < 1.29 is 0 Å². The number of aliphatic imine (C=N–C) groups is 2. The number of benzene rings is 4. The normalized spacial score (nSPS) is 15.2. The van der Waals surface area contributed by atoms with E-state index < -0.39 is 15.7 Å². The third-order valence-corrected chi connectivity index (χ3v) is 15.5. The van der Waals surface area contributed by atoms with Crippen LogP contribution in [0.4, 0.5) is 0 Å². The molecular weight excluding hydrogens is 756 g/mol. The fraction of sp³-hybridized carbons (Fsp3) is 0.214. The van der Waals surface area contributed by atoms with Crippen LogP contribution in [0.1, 0.15) is 100 Å². The average Bonchev–Trinajstić information content (AvgIpc) is 4.00. The Kier molecular flexibility index (Phi) is 9.18. The topological polar surface area (TPSA) is 34.6 Å². The molecule has 0 saturated heterocycles. The molecule has 10 rings (SSSR count). The third kappa shape index (κ3) is 6.16. The molecule has 4 nitrogen and oxygen atoms in total. The lowest BCUT2D eigenvalue weighted by molar-refractivity contribution is 1.02. The van der Waals surface area contributed by atoms with Gasteiger partial charge in [-0.05, 0) is 204 Å². The Labute approximate surface area is 367 Å². The molecule has 0 saturated carbocycles. The van der Waals surface area contributed by atoms with Crippen LogP contribution in [-0.2, 0) is 0 Å². The molecule has 4 aromatic carbocycles. The molecule has 4 aliphatic heterocycles. The molecule has 0 amide bonds. The number of aryl methyl sites for hydroxylation is 11. The van der Waals surface area contributed by atoms with E-state index in [9.17, 15) is 0 Å². The van der Waals surface area contributed by atoms with Crippen molar-refractivity contribution in [3.05, 3.63) is 220 Å². The highest BCUT2D eigenvalue weighted by Crippen LogP contribution is 2.42. The smallest absolute Gasteiger partial charge is 0.417 e. The molecular formula is C56H53AlN4. The Morgan fingerprint density at radius 3 is 1.18 bits per heavy atom. The number of hydrogen-bond donors (Lipinski definition) is 0. The van der Waals surface area contributed by atoms with Gasteiger partial charge in [-0.2, -0.15) is 0 Å². The summed E-state index contributed by atoms with van der Waals surface area (Å²) in [5.41, 5.74) is 31.5. The van der Waals surface area contributed by atoms with Crippen LogP contribution < -0.4 is 10.7 Å². The molecule has 6 heterocycles. The van der Waals surface area contributed by atoms with Crippen molar-refractivity contribution >= 4 is 49.4 Å². The molecule has 0 aliphatic carbocycles. The summed E-state index contributed by atoms with van der Waals surface area (Å²) >= 11 is -1.41. The highest BCUT2D eigenvalue weighted by atomic mass is 27.1. The van der Waals surface area contributed by atoms with Crippen LogP contribution in [0.2, 0.25) is 0 Å². The van der Waals surface area contributed by atoms with Crippen LogP contribution in [0.5, 0.6) is 0 Å². The Balaban J connectivity index is 1.46. The van der Waals surface area contributed by atoms with Gasteiger partial charge in [0.15, 0.2) is 0 Å². The number of rotatable bonds is 4. The Morgan fingerprint density at radius 2 is 0.754 bits per heavy atom. The first-order chi connectivity index (χ1) is 29.2. The van der Waals surface area contributed by atoms with Crippen molar-refractivity contribution in [1.82, 2.24) is 7.10 Å². The van der Waals surface area contributed by atoms with Crippen molar-refractivity contribution in [1.29, 1.82) is 0 Å². The lowest BCUT2D eigenvalue weighted by atomic mass is 9.90. The van der Waals surface area contributed by atoms with E-state index in [0.717, 1.165) is 22.8 Å². The van der Waals surface area contributed by atoms with Gasteiger partial charge in [-0.1, -0.05) is 65.2 Å². The molecule has 0 N–H and O–H groups in total. The van der Waals surface area contributed by atoms with E-state index in [1.165, 1.54) is 133 Å². The summed E-state index contributed by atoms with van der Waals surface area (Å²) in [5.74, 6) is 0. The zero-order chi connectivity index (χ0) is 42.8. The van der Waals surface area contributed by atoms with Crippen LogP contribution in [0.25, 0.3) is 22.3 Å². The van der Waals surface area contributed by atoms with Crippen molar-refractivity contribution in [3.63, 3.8) is 0 Å². The molecule has 6 bridgehead atoms. The summed E-state index contributed by atoms with van der Waals surface area (Å²) in [6.45, 7) is 27.0. The van der Waals surface area contributed by atoms with Gasteiger partial charge in [0, 0.05) is 44.4 Å². The fourth-order valence-electron chi connectivity index (χ4n) is 11.0. The predicted molar refractivity (Wildman–Crippen MR) is 259 cm³/mol. The van der Waals surface area contributed by atoms with Crippen molar-refractivity contribution in [2.45, 2.75) is 83.1 Å². The molecule has 0 fully saturated rings. The molecule has 2 aromatic heterocycles. The van der Waals surface area contributed by atoms with E-state index in [4.69, 9.17) is 9.98 Å². The van der Waals surface area contributed by atoms with Crippen LogP contribution in [0, 0.1) is 83.1 Å².